The van der Waals surface area contributed by atoms with E-state index in [1.54, 1.807) is 0 Å². The summed E-state index contributed by atoms with van der Waals surface area (Å²) in [5, 5.41) is 9.42. The first-order chi connectivity index (χ1) is 12.0. The Labute approximate surface area is 150 Å². The minimum Gasteiger partial charge on any atom is -0.373 e. The van der Waals surface area contributed by atoms with Crippen molar-refractivity contribution in [2.24, 2.45) is 4.99 Å². The Morgan fingerprint density at radius 1 is 1.28 bits per heavy atom. The Kier molecular flexibility index (Phi) is 7.25. The Bertz CT molecular complexity index is 578. The first kappa shape index (κ1) is 19.2. The van der Waals surface area contributed by atoms with Gasteiger partial charge in [0.05, 0.1) is 12.1 Å². The van der Waals surface area contributed by atoms with Gasteiger partial charge < -0.3 is 20.7 Å². The van der Waals surface area contributed by atoms with Crippen molar-refractivity contribution < 1.29 is 9.53 Å². The topological polar surface area (TPSA) is 74.8 Å². The molecule has 1 aliphatic rings. The van der Waals surface area contributed by atoms with Gasteiger partial charge in [0.1, 0.15) is 0 Å². The minimum absolute atomic E-state index is 0.0548. The standard InChI is InChI=1S/C19H30N4O2/c1-4-20-18(22-14-19(3)11-5-13-25-19)21-12-10-16-6-8-17(9-7-16)23-15(2)24/h6-9H,4-5,10-14H2,1-3H3,(H,23,24)(H2,20,21,22). The highest BCUT2D eigenvalue weighted by molar-refractivity contribution is 5.88. The van der Waals surface area contributed by atoms with Gasteiger partial charge in [-0.1, -0.05) is 12.1 Å². The minimum atomic E-state index is -0.123. The van der Waals surface area contributed by atoms with Crippen molar-refractivity contribution in [1.29, 1.82) is 0 Å². The molecule has 138 valence electrons. The quantitative estimate of drug-likeness (QED) is 0.523. The predicted molar refractivity (Wildman–Crippen MR) is 102 cm³/mol. The van der Waals surface area contributed by atoms with Crippen LogP contribution < -0.4 is 16.0 Å². The molecule has 6 heteroatoms. The molecule has 1 aromatic carbocycles. The highest BCUT2D eigenvalue weighted by atomic mass is 16.5. The fraction of sp³-hybridized carbons (Fsp3) is 0.579. The number of ether oxygens (including phenoxy) is 1. The number of amides is 1. The van der Waals surface area contributed by atoms with Gasteiger partial charge in [-0.25, -0.2) is 0 Å². The van der Waals surface area contributed by atoms with Crippen LogP contribution in [0.1, 0.15) is 39.2 Å². The van der Waals surface area contributed by atoms with Crippen molar-refractivity contribution in [3.8, 4) is 0 Å². The molecule has 0 bridgehead atoms. The van der Waals surface area contributed by atoms with Crippen LogP contribution in [-0.2, 0) is 16.0 Å². The van der Waals surface area contributed by atoms with E-state index in [4.69, 9.17) is 4.74 Å². The third-order valence-corrected chi connectivity index (χ3v) is 4.20. The van der Waals surface area contributed by atoms with E-state index in [2.05, 4.69) is 34.8 Å². The summed E-state index contributed by atoms with van der Waals surface area (Å²) in [5.74, 6) is 0.773. The second-order valence-corrected chi connectivity index (χ2v) is 6.65. The van der Waals surface area contributed by atoms with E-state index < -0.39 is 0 Å². The zero-order valence-corrected chi connectivity index (χ0v) is 15.5. The molecule has 2 rings (SSSR count). The number of carbonyl (C=O) groups excluding carboxylic acids is 1. The highest BCUT2D eigenvalue weighted by Gasteiger charge is 2.29. The number of benzene rings is 1. The van der Waals surface area contributed by atoms with Crippen LogP contribution in [0.4, 0.5) is 5.69 Å². The maximum Gasteiger partial charge on any atom is 0.221 e. The van der Waals surface area contributed by atoms with E-state index in [1.807, 2.05) is 24.3 Å². The summed E-state index contributed by atoms with van der Waals surface area (Å²) in [5.41, 5.74) is 1.91. The largest absolute Gasteiger partial charge is 0.373 e. The van der Waals surface area contributed by atoms with Crippen molar-refractivity contribution >= 4 is 17.6 Å². The molecule has 1 fully saturated rings. The zero-order chi connectivity index (χ0) is 18.1. The van der Waals surface area contributed by atoms with Gasteiger partial charge in [0.15, 0.2) is 5.96 Å². The Hall–Kier alpha value is -2.08. The maximum atomic E-state index is 11.0. The fourth-order valence-corrected chi connectivity index (χ4v) is 2.83. The summed E-state index contributed by atoms with van der Waals surface area (Å²) in [4.78, 5) is 15.7. The number of carbonyl (C=O) groups is 1. The summed E-state index contributed by atoms with van der Waals surface area (Å²) >= 11 is 0. The van der Waals surface area contributed by atoms with Gasteiger partial charge in [0, 0.05) is 32.3 Å². The van der Waals surface area contributed by atoms with E-state index in [0.717, 1.165) is 50.6 Å². The smallest absolute Gasteiger partial charge is 0.221 e. The molecule has 1 aromatic rings. The molecule has 6 nitrogen and oxygen atoms in total. The molecule has 1 saturated heterocycles. The average Bonchev–Trinajstić information content (AvgIpc) is 3.01. The van der Waals surface area contributed by atoms with Crippen molar-refractivity contribution in [3.05, 3.63) is 29.8 Å². The molecule has 0 saturated carbocycles. The maximum absolute atomic E-state index is 11.0. The van der Waals surface area contributed by atoms with Crippen LogP contribution in [-0.4, -0.2) is 43.7 Å². The molecule has 1 aliphatic heterocycles. The lowest BCUT2D eigenvalue weighted by molar-refractivity contribution is -0.114. The third kappa shape index (κ3) is 6.74. The number of guanidine groups is 1. The molecule has 0 spiro atoms. The number of hydrogen-bond acceptors (Lipinski definition) is 3. The summed E-state index contributed by atoms with van der Waals surface area (Å²) in [6.45, 7) is 8.84. The van der Waals surface area contributed by atoms with Gasteiger partial charge in [-0.15, -0.1) is 0 Å². The van der Waals surface area contributed by atoms with E-state index >= 15 is 0 Å². The number of rotatable bonds is 7. The first-order valence-electron chi connectivity index (χ1n) is 9.03. The molecule has 1 amide bonds. The van der Waals surface area contributed by atoms with Gasteiger partial charge in [-0.2, -0.15) is 0 Å². The van der Waals surface area contributed by atoms with Gasteiger partial charge >= 0.3 is 0 Å². The Balaban J connectivity index is 1.81. The van der Waals surface area contributed by atoms with Crippen LogP contribution >= 0.6 is 0 Å². The van der Waals surface area contributed by atoms with E-state index in [9.17, 15) is 4.79 Å². The van der Waals surface area contributed by atoms with Crippen LogP contribution in [0, 0.1) is 0 Å². The number of nitrogens with one attached hydrogen (secondary N) is 3. The highest BCUT2D eigenvalue weighted by Crippen LogP contribution is 2.24. The van der Waals surface area contributed by atoms with Crippen LogP contribution in [0.5, 0.6) is 0 Å². The van der Waals surface area contributed by atoms with Crippen LogP contribution in [0.2, 0.25) is 0 Å². The zero-order valence-electron chi connectivity index (χ0n) is 15.5. The monoisotopic (exact) mass is 346 g/mol. The van der Waals surface area contributed by atoms with Gasteiger partial charge in [0.2, 0.25) is 5.91 Å². The van der Waals surface area contributed by atoms with Crippen molar-refractivity contribution in [2.75, 3.05) is 31.6 Å². The second kappa shape index (κ2) is 9.42. The average molecular weight is 346 g/mol. The van der Waals surface area contributed by atoms with Crippen LogP contribution in [0.25, 0.3) is 0 Å². The number of nitrogens with zero attached hydrogens (tertiary/aromatic N) is 1. The fourth-order valence-electron chi connectivity index (χ4n) is 2.83. The van der Waals surface area contributed by atoms with E-state index in [1.165, 1.54) is 12.5 Å². The predicted octanol–water partition coefficient (Wildman–Crippen LogP) is 2.31. The number of aliphatic imine (C=N–C) groups is 1. The lowest BCUT2D eigenvalue weighted by atomic mass is 10.0. The van der Waals surface area contributed by atoms with Gasteiger partial charge in [0.25, 0.3) is 0 Å². The summed E-state index contributed by atoms with van der Waals surface area (Å²) < 4.78 is 5.79. The molecule has 1 heterocycles. The van der Waals surface area contributed by atoms with Crippen LogP contribution in [0.3, 0.4) is 0 Å². The molecular weight excluding hydrogens is 316 g/mol. The lowest BCUT2D eigenvalue weighted by Crippen LogP contribution is -2.40. The SMILES string of the molecule is CCNC(=NCC1(C)CCCO1)NCCc1ccc(NC(C)=O)cc1. The molecule has 1 unspecified atom stereocenters. The van der Waals surface area contributed by atoms with Gasteiger partial charge in [-0.3, -0.25) is 9.79 Å². The first-order valence-corrected chi connectivity index (χ1v) is 9.03. The normalized spacial score (nSPS) is 20.4. The summed E-state index contributed by atoms with van der Waals surface area (Å²) in [7, 11) is 0. The molecule has 25 heavy (non-hydrogen) atoms. The lowest BCUT2D eigenvalue weighted by Gasteiger charge is -2.21. The molecule has 0 radical (unpaired) electrons. The van der Waals surface area contributed by atoms with Gasteiger partial charge in [-0.05, 0) is 50.8 Å². The van der Waals surface area contributed by atoms with Crippen molar-refractivity contribution in [1.82, 2.24) is 10.6 Å². The Morgan fingerprint density at radius 2 is 2.04 bits per heavy atom. The third-order valence-electron chi connectivity index (χ3n) is 4.20. The molecule has 0 aromatic heterocycles. The molecule has 0 aliphatic carbocycles. The van der Waals surface area contributed by atoms with E-state index in [-0.39, 0.29) is 11.5 Å². The second-order valence-electron chi connectivity index (χ2n) is 6.65. The summed E-state index contributed by atoms with van der Waals surface area (Å²) in [6, 6.07) is 7.91. The number of hydrogen-bond donors (Lipinski definition) is 3. The Morgan fingerprint density at radius 3 is 2.64 bits per heavy atom. The van der Waals surface area contributed by atoms with E-state index in [0.29, 0.717) is 6.54 Å². The van der Waals surface area contributed by atoms with Crippen molar-refractivity contribution in [2.45, 2.75) is 45.6 Å². The van der Waals surface area contributed by atoms with Crippen molar-refractivity contribution in [3.63, 3.8) is 0 Å². The molecule has 3 N–H and O–H groups in total. The summed E-state index contributed by atoms with van der Waals surface area (Å²) in [6.07, 6.45) is 3.07. The number of anilines is 1. The molecular formula is C19H30N4O2. The van der Waals surface area contributed by atoms with Crippen LogP contribution in [0.15, 0.2) is 29.3 Å². The molecule has 1 atom stereocenters.